The van der Waals surface area contributed by atoms with Gasteiger partial charge in [0.15, 0.2) is 0 Å². The van der Waals surface area contributed by atoms with Crippen molar-refractivity contribution in [2.45, 2.75) is 59.1 Å². The quantitative estimate of drug-likeness (QED) is 0.667. The van der Waals surface area contributed by atoms with Crippen molar-refractivity contribution in [3.8, 4) is 6.07 Å². The maximum atomic E-state index is 12.6. The molecule has 0 spiro atoms. The van der Waals surface area contributed by atoms with Crippen LogP contribution in [0.5, 0.6) is 0 Å². The molecule has 1 aromatic rings. The summed E-state index contributed by atoms with van der Waals surface area (Å²) < 4.78 is 2.24. The van der Waals surface area contributed by atoms with E-state index in [9.17, 15) is 15.2 Å². The Bertz CT molecular complexity index is 659. The van der Waals surface area contributed by atoms with Gasteiger partial charge in [0.2, 0.25) is 0 Å². The van der Waals surface area contributed by atoms with Gasteiger partial charge in [0, 0.05) is 31.0 Å². The lowest BCUT2D eigenvalue weighted by atomic mass is 10.1. The highest BCUT2D eigenvalue weighted by Crippen LogP contribution is 2.20. The van der Waals surface area contributed by atoms with Crippen LogP contribution >= 0.6 is 0 Å². The summed E-state index contributed by atoms with van der Waals surface area (Å²) in [6.45, 7) is 8.23. The van der Waals surface area contributed by atoms with Crippen molar-refractivity contribution in [1.29, 1.82) is 5.26 Å². The molecule has 5 nitrogen and oxygen atoms in total. The summed E-state index contributed by atoms with van der Waals surface area (Å²) in [6.07, 6.45) is 4.77. The van der Waals surface area contributed by atoms with Crippen molar-refractivity contribution >= 4 is 12.0 Å². The zero-order valence-electron chi connectivity index (χ0n) is 14.9. The van der Waals surface area contributed by atoms with E-state index in [1.807, 2.05) is 13.0 Å². The monoisotopic (exact) mass is 329 g/mol. The van der Waals surface area contributed by atoms with Crippen LogP contribution in [0.15, 0.2) is 11.6 Å². The zero-order valence-corrected chi connectivity index (χ0v) is 14.9. The molecule has 0 bridgehead atoms. The second kappa shape index (κ2) is 8.16. The number of amides is 1. The van der Waals surface area contributed by atoms with Gasteiger partial charge in [-0.05, 0) is 50.8 Å². The minimum absolute atomic E-state index is 0.169. The number of nitrogens with zero attached hydrogens (tertiary/aromatic N) is 3. The summed E-state index contributed by atoms with van der Waals surface area (Å²) >= 11 is 0. The number of hydrogen-bond acceptors (Lipinski definition) is 3. The van der Waals surface area contributed by atoms with Crippen LogP contribution in [0.25, 0.3) is 6.08 Å². The molecule has 0 aromatic carbocycles. The van der Waals surface area contributed by atoms with E-state index in [1.54, 1.807) is 11.0 Å². The van der Waals surface area contributed by atoms with E-state index < -0.39 is 0 Å². The van der Waals surface area contributed by atoms with Crippen LogP contribution in [0.2, 0.25) is 0 Å². The van der Waals surface area contributed by atoms with Gasteiger partial charge >= 0.3 is 0 Å². The number of rotatable bonds is 5. The highest BCUT2D eigenvalue weighted by Gasteiger charge is 2.24. The number of aliphatic hydroxyl groups is 1. The zero-order chi connectivity index (χ0) is 17.7. The number of nitriles is 1. The summed E-state index contributed by atoms with van der Waals surface area (Å²) in [7, 11) is 0. The number of aliphatic hydroxyl groups excluding tert-OH is 1. The third-order valence-electron chi connectivity index (χ3n) is 4.75. The van der Waals surface area contributed by atoms with Crippen molar-refractivity contribution < 1.29 is 9.90 Å². The molecule has 24 heavy (non-hydrogen) atoms. The summed E-state index contributed by atoms with van der Waals surface area (Å²) in [4.78, 5) is 14.2. The molecular weight excluding hydrogens is 302 g/mol. The lowest BCUT2D eigenvalue weighted by Crippen LogP contribution is -2.40. The Labute approximate surface area is 144 Å². The van der Waals surface area contributed by atoms with Crippen molar-refractivity contribution in [1.82, 2.24) is 9.47 Å². The number of carbonyl (C=O) groups is 1. The number of hydrogen-bond donors (Lipinski definition) is 1. The SMILES string of the molecule is CCCCn1c(C)cc(C=C(C#N)C(=O)N2CCC(O)CC2)c1C. The molecule has 1 N–H and O–H groups in total. The Morgan fingerprint density at radius 2 is 2.08 bits per heavy atom. The fraction of sp³-hybridized carbons (Fsp3) is 0.579. The molecule has 1 fully saturated rings. The van der Waals surface area contributed by atoms with Crippen LogP contribution in [0.1, 0.15) is 49.6 Å². The second-order valence-electron chi connectivity index (χ2n) is 6.52. The Morgan fingerprint density at radius 3 is 2.67 bits per heavy atom. The van der Waals surface area contributed by atoms with Gasteiger partial charge in [0.25, 0.3) is 5.91 Å². The van der Waals surface area contributed by atoms with Crippen LogP contribution in [0.4, 0.5) is 0 Å². The number of piperidine rings is 1. The van der Waals surface area contributed by atoms with Gasteiger partial charge in [0.05, 0.1) is 6.10 Å². The molecule has 130 valence electrons. The normalized spacial score (nSPS) is 16.3. The van der Waals surface area contributed by atoms with Crippen molar-refractivity contribution in [3.05, 3.63) is 28.6 Å². The summed E-state index contributed by atoms with van der Waals surface area (Å²) in [5.41, 5.74) is 3.35. The van der Waals surface area contributed by atoms with E-state index in [2.05, 4.69) is 24.5 Å². The van der Waals surface area contributed by atoms with E-state index in [0.717, 1.165) is 36.3 Å². The number of carbonyl (C=O) groups excluding carboxylic acids is 1. The van der Waals surface area contributed by atoms with Gasteiger partial charge in [-0.2, -0.15) is 5.26 Å². The molecule has 1 saturated heterocycles. The molecule has 1 aliphatic rings. The average molecular weight is 329 g/mol. The first-order valence-electron chi connectivity index (χ1n) is 8.73. The van der Waals surface area contributed by atoms with Gasteiger partial charge in [-0.3, -0.25) is 4.79 Å². The molecule has 0 unspecified atom stereocenters. The molecule has 0 atom stereocenters. The smallest absolute Gasteiger partial charge is 0.264 e. The van der Waals surface area contributed by atoms with Crippen molar-refractivity contribution in [3.63, 3.8) is 0 Å². The molecule has 0 radical (unpaired) electrons. The summed E-state index contributed by atoms with van der Waals surface area (Å²) in [5.74, 6) is -0.234. The van der Waals surface area contributed by atoms with E-state index in [4.69, 9.17) is 0 Å². The second-order valence-corrected chi connectivity index (χ2v) is 6.52. The third-order valence-corrected chi connectivity index (χ3v) is 4.75. The molecule has 2 rings (SSSR count). The minimum Gasteiger partial charge on any atom is -0.393 e. The molecule has 1 amide bonds. The first-order valence-corrected chi connectivity index (χ1v) is 8.73. The van der Waals surface area contributed by atoms with Crippen LogP contribution < -0.4 is 0 Å². The summed E-state index contributed by atoms with van der Waals surface area (Å²) in [5, 5.41) is 19.0. The van der Waals surface area contributed by atoms with Gasteiger partial charge in [-0.1, -0.05) is 13.3 Å². The minimum atomic E-state index is -0.332. The van der Waals surface area contributed by atoms with Crippen LogP contribution in [0.3, 0.4) is 0 Å². The molecule has 1 aromatic heterocycles. The largest absolute Gasteiger partial charge is 0.393 e. The van der Waals surface area contributed by atoms with Crippen LogP contribution in [-0.4, -0.2) is 39.7 Å². The highest BCUT2D eigenvalue weighted by molar-refractivity contribution is 6.01. The van der Waals surface area contributed by atoms with E-state index in [1.165, 1.54) is 0 Å². The fourth-order valence-corrected chi connectivity index (χ4v) is 3.17. The Hall–Kier alpha value is -2.06. The highest BCUT2D eigenvalue weighted by atomic mass is 16.3. The molecular formula is C19H27N3O2. The predicted molar refractivity (Wildman–Crippen MR) is 94.2 cm³/mol. The van der Waals surface area contributed by atoms with Crippen molar-refractivity contribution in [2.24, 2.45) is 0 Å². The van der Waals surface area contributed by atoms with Crippen molar-refractivity contribution in [2.75, 3.05) is 13.1 Å². The number of aryl methyl sites for hydroxylation is 1. The molecule has 1 aliphatic heterocycles. The molecule has 2 heterocycles. The van der Waals surface area contributed by atoms with Gasteiger partial charge in [-0.15, -0.1) is 0 Å². The topological polar surface area (TPSA) is 69.3 Å². The van der Waals surface area contributed by atoms with Crippen LogP contribution in [0, 0.1) is 25.2 Å². The Balaban J connectivity index is 2.21. The Kier molecular flexibility index (Phi) is 6.22. The maximum absolute atomic E-state index is 12.6. The van der Waals surface area contributed by atoms with Crippen LogP contribution in [-0.2, 0) is 11.3 Å². The molecule has 5 heteroatoms. The number of unbranched alkanes of at least 4 members (excludes halogenated alkanes) is 1. The lowest BCUT2D eigenvalue weighted by Gasteiger charge is -2.29. The van der Waals surface area contributed by atoms with E-state index in [-0.39, 0.29) is 17.6 Å². The number of aromatic nitrogens is 1. The summed E-state index contributed by atoms with van der Waals surface area (Å²) in [6, 6.07) is 4.09. The average Bonchev–Trinajstić information content (AvgIpc) is 2.84. The van der Waals surface area contributed by atoms with Gasteiger partial charge < -0.3 is 14.6 Å². The van der Waals surface area contributed by atoms with E-state index in [0.29, 0.717) is 25.9 Å². The van der Waals surface area contributed by atoms with Gasteiger partial charge in [-0.25, -0.2) is 0 Å². The molecule has 0 aliphatic carbocycles. The standard InChI is InChI=1S/C19H27N3O2/c1-4-5-8-22-14(2)11-16(15(22)3)12-17(13-20)19(24)21-9-6-18(23)7-10-21/h11-12,18,23H,4-10H2,1-3H3. The first-order chi connectivity index (χ1) is 11.5. The Morgan fingerprint density at radius 1 is 1.42 bits per heavy atom. The first kappa shape index (κ1) is 18.3. The maximum Gasteiger partial charge on any atom is 0.264 e. The predicted octanol–water partition coefficient (Wildman–Crippen LogP) is 2.80. The fourth-order valence-electron chi connectivity index (χ4n) is 3.17. The number of likely N-dealkylation sites (tertiary alicyclic amines) is 1. The third kappa shape index (κ3) is 4.07. The van der Waals surface area contributed by atoms with E-state index >= 15 is 0 Å². The van der Waals surface area contributed by atoms with Gasteiger partial charge in [0.1, 0.15) is 11.6 Å². The molecule has 0 saturated carbocycles. The lowest BCUT2D eigenvalue weighted by molar-refractivity contribution is -0.128.